The molecule has 272 valence electrons. The van der Waals surface area contributed by atoms with E-state index < -0.39 is 5.41 Å². The van der Waals surface area contributed by atoms with Crippen molar-refractivity contribution in [2.24, 2.45) is 0 Å². The Balaban J connectivity index is 1.08. The maximum absolute atomic E-state index is 2.49. The van der Waals surface area contributed by atoms with Crippen molar-refractivity contribution in [2.75, 3.05) is 9.80 Å². The zero-order chi connectivity index (χ0) is 38.3. The molecule has 57 heavy (non-hydrogen) atoms. The Morgan fingerprint density at radius 2 is 0.561 bits per heavy atom. The summed E-state index contributed by atoms with van der Waals surface area (Å²) in [5, 5.41) is 0. The maximum Gasteiger partial charge on any atom is 0.0725 e. The number of nitrogens with zero attached hydrogens (tertiary/aromatic N) is 2. The molecule has 4 aliphatic rings. The predicted molar refractivity (Wildman–Crippen MR) is 236 cm³/mol. The van der Waals surface area contributed by atoms with Gasteiger partial charge in [-0.15, -0.1) is 0 Å². The van der Waals surface area contributed by atoms with E-state index in [0.717, 1.165) is 0 Å². The highest BCUT2D eigenvalue weighted by Crippen LogP contribution is 2.64. The van der Waals surface area contributed by atoms with E-state index >= 15 is 0 Å². The summed E-state index contributed by atoms with van der Waals surface area (Å²) in [4.78, 5) is 4.98. The van der Waals surface area contributed by atoms with Crippen LogP contribution in [0.4, 0.5) is 34.1 Å². The van der Waals surface area contributed by atoms with Crippen LogP contribution in [-0.4, -0.2) is 0 Å². The molecule has 2 heterocycles. The second-order valence-electron chi connectivity index (χ2n) is 17.3. The van der Waals surface area contributed by atoms with E-state index in [0.29, 0.717) is 0 Å². The Hall–Kier alpha value is -6.64. The summed E-state index contributed by atoms with van der Waals surface area (Å²) >= 11 is 0. The molecule has 0 saturated carbocycles. The summed E-state index contributed by atoms with van der Waals surface area (Å²) in [6.07, 6.45) is 0. The molecule has 0 atom stereocenters. The van der Waals surface area contributed by atoms with E-state index in [-0.39, 0.29) is 10.8 Å². The van der Waals surface area contributed by atoms with Crippen LogP contribution in [0, 0.1) is 0 Å². The van der Waals surface area contributed by atoms with Crippen molar-refractivity contribution in [3.8, 4) is 22.3 Å². The van der Waals surface area contributed by atoms with Gasteiger partial charge in [0, 0.05) is 22.2 Å². The summed E-state index contributed by atoms with van der Waals surface area (Å²) in [5.41, 5.74) is 22.7. The Labute approximate surface area is 335 Å². The third-order valence-corrected chi connectivity index (χ3v) is 13.8. The smallest absolute Gasteiger partial charge is 0.0725 e. The van der Waals surface area contributed by atoms with Gasteiger partial charge in [0.1, 0.15) is 0 Å². The van der Waals surface area contributed by atoms with Gasteiger partial charge in [-0.1, -0.05) is 161 Å². The van der Waals surface area contributed by atoms with Gasteiger partial charge in [0.15, 0.2) is 0 Å². The molecule has 8 aromatic rings. The SMILES string of the molecule is CC1(C)c2ccccc2N(c2ccc3c(c2)-c2ccccc2C32c3ccccc3-c3cc(N4c5ccccc5C(C)(C)c5ccccc54)ccc32)c2ccccc21. The van der Waals surface area contributed by atoms with Gasteiger partial charge in [0.05, 0.1) is 28.2 Å². The first-order chi connectivity index (χ1) is 27.8. The van der Waals surface area contributed by atoms with Gasteiger partial charge in [-0.05, 0) is 115 Å². The minimum absolute atomic E-state index is 0.109. The van der Waals surface area contributed by atoms with E-state index in [2.05, 4.69) is 219 Å². The van der Waals surface area contributed by atoms with Crippen molar-refractivity contribution in [1.29, 1.82) is 0 Å². The molecule has 0 aromatic heterocycles. The summed E-state index contributed by atoms with van der Waals surface area (Å²) in [6, 6.07) is 68.7. The second-order valence-corrected chi connectivity index (χ2v) is 17.3. The van der Waals surface area contributed by atoms with Crippen molar-refractivity contribution in [1.82, 2.24) is 0 Å². The van der Waals surface area contributed by atoms with Crippen LogP contribution in [0.2, 0.25) is 0 Å². The molecule has 0 fully saturated rings. The van der Waals surface area contributed by atoms with Crippen molar-refractivity contribution in [2.45, 2.75) is 43.9 Å². The fourth-order valence-electron chi connectivity index (χ4n) is 11.3. The lowest BCUT2D eigenvalue weighted by Gasteiger charge is -2.42. The molecule has 8 aromatic carbocycles. The third kappa shape index (κ3) is 4.05. The molecule has 2 nitrogen and oxygen atoms in total. The van der Waals surface area contributed by atoms with E-state index in [1.165, 1.54) is 101 Å². The topological polar surface area (TPSA) is 6.48 Å². The lowest BCUT2D eigenvalue weighted by molar-refractivity contribution is 0.632. The molecule has 0 bridgehead atoms. The normalized spacial score (nSPS) is 16.4. The van der Waals surface area contributed by atoms with Crippen molar-refractivity contribution < 1.29 is 0 Å². The number of benzene rings is 8. The van der Waals surface area contributed by atoms with E-state index in [1.54, 1.807) is 0 Å². The zero-order valence-corrected chi connectivity index (χ0v) is 32.7. The van der Waals surface area contributed by atoms with Crippen molar-refractivity contribution in [3.05, 3.63) is 226 Å². The molecule has 2 aliphatic carbocycles. The van der Waals surface area contributed by atoms with Gasteiger partial charge in [-0.25, -0.2) is 0 Å². The Morgan fingerprint density at radius 3 is 0.912 bits per heavy atom. The quantitative estimate of drug-likeness (QED) is 0.175. The summed E-state index contributed by atoms with van der Waals surface area (Å²) < 4.78 is 0. The minimum Gasteiger partial charge on any atom is -0.310 e. The minimum atomic E-state index is -0.436. The number of anilines is 6. The highest BCUT2D eigenvalue weighted by molar-refractivity contribution is 5.99. The highest BCUT2D eigenvalue weighted by Gasteiger charge is 2.52. The molecule has 12 rings (SSSR count). The van der Waals surface area contributed by atoms with Gasteiger partial charge >= 0.3 is 0 Å². The molecule has 0 unspecified atom stereocenters. The van der Waals surface area contributed by atoms with Crippen LogP contribution in [0.3, 0.4) is 0 Å². The highest BCUT2D eigenvalue weighted by atomic mass is 15.2. The largest absolute Gasteiger partial charge is 0.310 e. The average Bonchev–Trinajstić information content (AvgIpc) is 3.71. The van der Waals surface area contributed by atoms with Crippen LogP contribution in [0.15, 0.2) is 182 Å². The molecular weight excluding hydrogens is 689 g/mol. The van der Waals surface area contributed by atoms with Crippen LogP contribution in [0.1, 0.15) is 72.2 Å². The van der Waals surface area contributed by atoms with Crippen LogP contribution in [0.25, 0.3) is 22.3 Å². The first-order valence-electron chi connectivity index (χ1n) is 20.3. The first-order valence-corrected chi connectivity index (χ1v) is 20.3. The number of para-hydroxylation sites is 4. The Kier molecular flexibility index (Phi) is 6.42. The number of hydrogen-bond donors (Lipinski definition) is 0. The third-order valence-electron chi connectivity index (χ3n) is 13.8. The van der Waals surface area contributed by atoms with Crippen LogP contribution in [-0.2, 0) is 16.2 Å². The molecule has 0 saturated heterocycles. The Morgan fingerprint density at radius 1 is 0.281 bits per heavy atom. The summed E-state index contributed by atoms with van der Waals surface area (Å²) in [6.45, 7) is 9.42. The lowest BCUT2D eigenvalue weighted by atomic mass is 9.70. The van der Waals surface area contributed by atoms with Crippen LogP contribution in [0.5, 0.6) is 0 Å². The van der Waals surface area contributed by atoms with Crippen LogP contribution >= 0.6 is 0 Å². The summed E-state index contributed by atoms with van der Waals surface area (Å²) in [5.74, 6) is 0. The standard InChI is InChI=1S/C55H42N2/c1-53(2)45-21-9-13-25-49(45)56(50-26-14-10-22-46(50)53)35-29-31-43-39(33-35)37-17-5-7-19-41(37)55(43)42-20-8-6-18-38(42)40-34-36(30-32-44(40)55)57-51-27-15-11-23-47(51)54(3,4)48-24-12-16-28-52(48)57/h5-34H,1-4H3. The fourth-order valence-corrected chi connectivity index (χ4v) is 11.3. The summed E-state index contributed by atoms with van der Waals surface area (Å²) in [7, 11) is 0. The number of hydrogen-bond acceptors (Lipinski definition) is 2. The molecule has 0 N–H and O–H groups in total. The van der Waals surface area contributed by atoms with Gasteiger partial charge in [0.2, 0.25) is 0 Å². The molecular formula is C55H42N2. The second kappa shape index (κ2) is 11.2. The van der Waals surface area contributed by atoms with Crippen LogP contribution < -0.4 is 9.80 Å². The van der Waals surface area contributed by atoms with E-state index in [9.17, 15) is 0 Å². The number of fused-ring (bicyclic) bond motifs is 14. The van der Waals surface area contributed by atoms with Crippen molar-refractivity contribution >= 4 is 34.1 Å². The number of rotatable bonds is 2. The Bertz CT molecular complexity index is 2700. The first kappa shape index (κ1) is 32.6. The fraction of sp³-hybridized carbons (Fsp3) is 0.127. The molecule has 0 radical (unpaired) electrons. The predicted octanol–water partition coefficient (Wildman–Crippen LogP) is 14.2. The van der Waals surface area contributed by atoms with Gasteiger partial charge in [-0.2, -0.15) is 0 Å². The lowest BCUT2D eigenvalue weighted by Crippen LogP contribution is -2.30. The van der Waals surface area contributed by atoms with Crippen molar-refractivity contribution in [3.63, 3.8) is 0 Å². The molecule has 1 spiro atoms. The average molecular weight is 731 g/mol. The molecule has 2 heteroatoms. The van der Waals surface area contributed by atoms with Gasteiger partial charge < -0.3 is 9.80 Å². The molecule has 2 aliphatic heterocycles. The van der Waals surface area contributed by atoms with E-state index in [1.807, 2.05) is 0 Å². The monoisotopic (exact) mass is 730 g/mol. The zero-order valence-electron chi connectivity index (χ0n) is 32.7. The van der Waals surface area contributed by atoms with E-state index in [4.69, 9.17) is 0 Å². The van der Waals surface area contributed by atoms with Gasteiger partial charge in [0.25, 0.3) is 0 Å². The van der Waals surface area contributed by atoms with Gasteiger partial charge in [-0.3, -0.25) is 0 Å². The maximum atomic E-state index is 2.49. The molecule has 0 amide bonds.